The number of amides is 1. The van der Waals surface area contributed by atoms with Crippen LogP contribution in [0.2, 0.25) is 0 Å². The van der Waals surface area contributed by atoms with Gasteiger partial charge in [0.25, 0.3) is 5.91 Å². The highest BCUT2D eigenvalue weighted by atomic mass is 32.2. The van der Waals surface area contributed by atoms with Gasteiger partial charge in [0.1, 0.15) is 5.75 Å². The zero-order valence-electron chi connectivity index (χ0n) is 13.5. The number of nitrogens with one attached hydrogen (secondary N) is 1. The number of thioether (sulfide) groups is 1. The first-order valence-electron chi connectivity index (χ1n) is 7.99. The Morgan fingerprint density at radius 3 is 2.67 bits per heavy atom. The zero-order chi connectivity index (χ0) is 16.8. The molecule has 1 fully saturated rings. The van der Waals surface area contributed by atoms with Crippen molar-refractivity contribution in [3.63, 3.8) is 0 Å². The van der Waals surface area contributed by atoms with Crippen LogP contribution in [0.4, 0.5) is 0 Å². The molecule has 0 atom stereocenters. The Hall–Kier alpha value is -2.15. The summed E-state index contributed by atoms with van der Waals surface area (Å²) in [5.41, 5.74) is 0.529. The number of aromatic nitrogens is 3. The summed E-state index contributed by atoms with van der Waals surface area (Å²) in [5, 5.41) is 4.44. The summed E-state index contributed by atoms with van der Waals surface area (Å²) in [6, 6.07) is 3.70. The number of carbonyl (C=O) groups is 1. The van der Waals surface area contributed by atoms with Crippen LogP contribution in [0, 0.1) is 0 Å². The Bertz CT molecular complexity index is 675. The molecule has 2 heterocycles. The van der Waals surface area contributed by atoms with Gasteiger partial charge in [-0.1, -0.05) is 11.8 Å². The Kier molecular flexibility index (Phi) is 5.63. The van der Waals surface area contributed by atoms with Gasteiger partial charge in [-0.3, -0.25) is 9.78 Å². The fraction of sp³-hybridized carbons (Fsp3) is 0.412. The lowest BCUT2D eigenvalue weighted by molar-refractivity contribution is 0.0925. The second-order valence-corrected chi connectivity index (χ2v) is 6.94. The van der Waals surface area contributed by atoms with Gasteiger partial charge in [0.15, 0.2) is 5.16 Å². The molecule has 2 aromatic heterocycles. The molecule has 0 radical (unpaired) electrons. The van der Waals surface area contributed by atoms with E-state index in [0.717, 1.165) is 30.8 Å². The summed E-state index contributed by atoms with van der Waals surface area (Å²) in [6.07, 6.45) is 10.7. The van der Waals surface area contributed by atoms with Crippen LogP contribution in [0.25, 0.3) is 0 Å². The second-order valence-electron chi connectivity index (χ2n) is 5.67. The van der Waals surface area contributed by atoms with E-state index in [1.807, 2.05) is 6.07 Å². The normalized spacial score (nSPS) is 20.4. The van der Waals surface area contributed by atoms with Crippen LogP contribution in [0.1, 0.15) is 36.0 Å². The van der Waals surface area contributed by atoms with Crippen molar-refractivity contribution >= 4 is 17.7 Å². The SMILES string of the molecule is COc1cnccc1C(=O)NC1CCC(Sc2ncccn2)CC1. The monoisotopic (exact) mass is 344 g/mol. The molecule has 1 saturated carbocycles. The van der Waals surface area contributed by atoms with E-state index >= 15 is 0 Å². The van der Waals surface area contributed by atoms with Gasteiger partial charge in [-0.05, 0) is 37.8 Å². The third kappa shape index (κ3) is 4.23. The van der Waals surface area contributed by atoms with Crippen molar-refractivity contribution in [1.82, 2.24) is 20.3 Å². The number of nitrogens with zero attached hydrogens (tertiary/aromatic N) is 3. The van der Waals surface area contributed by atoms with Crippen LogP contribution in [0.15, 0.2) is 42.1 Å². The van der Waals surface area contributed by atoms with Crippen molar-refractivity contribution in [2.75, 3.05) is 7.11 Å². The van der Waals surface area contributed by atoms with Gasteiger partial charge in [0.2, 0.25) is 0 Å². The Labute approximate surface area is 145 Å². The summed E-state index contributed by atoms with van der Waals surface area (Å²) < 4.78 is 5.20. The van der Waals surface area contributed by atoms with Gasteiger partial charge in [-0.15, -0.1) is 0 Å². The number of pyridine rings is 1. The predicted molar refractivity (Wildman–Crippen MR) is 92.2 cm³/mol. The molecule has 6 nitrogen and oxygen atoms in total. The van der Waals surface area contributed by atoms with E-state index < -0.39 is 0 Å². The van der Waals surface area contributed by atoms with E-state index in [9.17, 15) is 4.79 Å². The molecule has 126 valence electrons. The van der Waals surface area contributed by atoms with E-state index in [0.29, 0.717) is 16.6 Å². The third-order valence-electron chi connectivity index (χ3n) is 4.07. The van der Waals surface area contributed by atoms with Crippen LogP contribution in [-0.4, -0.2) is 39.3 Å². The lowest BCUT2D eigenvalue weighted by atomic mass is 9.94. The van der Waals surface area contributed by atoms with Crippen molar-refractivity contribution in [2.45, 2.75) is 42.1 Å². The quantitative estimate of drug-likeness (QED) is 0.841. The van der Waals surface area contributed by atoms with Crippen LogP contribution in [0.3, 0.4) is 0 Å². The molecule has 0 saturated heterocycles. The van der Waals surface area contributed by atoms with Gasteiger partial charge >= 0.3 is 0 Å². The molecule has 24 heavy (non-hydrogen) atoms. The lowest BCUT2D eigenvalue weighted by Crippen LogP contribution is -2.38. The summed E-state index contributed by atoms with van der Waals surface area (Å²) in [6.45, 7) is 0. The molecule has 1 aliphatic carbocycles. The van der Waals surface area contributed by atoms with Crippen LogP contribution in [0.5, 0.6) is 5.75 Å². The number of hydrogen-bond acceptors (Lipinski definition) is 6. The minimum absolute atomic E-state index is 0.100. The topological polar surface area (TPSA) is 77.0 Å². The minimum Gasteiger partial charge on any atom is -0.494 e. The van der Waals surface area contributed by atoms with E-state index in [1.54, 1.807) is 49.7 Å². The standard InChI is InChI=1S/C17H20N4O2S/c1-23-15-11-18-10-7-14(15)16(22)21-12-3-5-13(6-4-12)24-17-19-8-2-9-20-17/h2,7-13H,3-6H2,1H3,(H,21,22). The molecule has 2 aromatic rings. The largest absolute Gasteiger partial charge is 0.494 e. The van der Waals surface area contributed by atoms with Crippen LogP contribution >= 0.6 is 11.8 Å². The van der Waals surface area contributed by atoms with Crippen LogP contribution in [-0.2, 0) is 0 Å². The van der Waals surface area contributed by atoms with Crippen molar-refractivity contribution in [3.05, 3.63) is 42.5 Å². The Morgan fingerprint density at radius 2 is 1.96 bits per heavy atom. The van der Waals surface area contributed by atoms with Crippen molar-refractivity contribution in [1.29, 1.82) is 0 Å². The molecule has 1 aliphatic rings. The molecule has 0 spiro atoms. The second kappa shape index (κ2) is 8.10. The molecule has 1 amide bonds. The molecular weight excluding hydrogens is 324 g/mol. The first-order chi connectivity index (χ1) is 11.8. The predicted octanol–water partition coefficient (Wildman–Crippen LogP) is 2.71. The van der Waals surface area contributed by atoms with Crippen molar-refractivity contribution in [2.24, 2.45) is 0 Å². The maximum Gasteiger partial charge on any atom is 0.255 e. The molecule has 0 aliphatic heterocycles. The van der Waals surface area contributed by atoms with Crippen molar-refractivity contribution in [3.8, 4) is 5.75 Å². The van der Waals surface area contributed by atoms with Crippen molar-refractivity contribution < 1.29 is 9.53 Å². The molecule has 7 heteroatoms. The maximum absolute atomic E-state index is 12.4. The summed E-state index contributed by atoms with van der Waals surface area (Å²) in [7, 11) is 1.54. The van der Waals surface area contributed by atoms with Gasteiger partial charge in [-0.2, -0.15) is 0 Å². The minimum atomic E-state index is -0.100. The average Bonchev–Trinajstić information content (AvgIpc) is 2.64. The van der Waals surface area contributed by atoms with E-state index in [4.69, 9.17) is 4.74 Å². The third-order valence-corrected chi connectivity index (χ3v) is 5.30. The van der Waals surface area contributed by atoms with Gasteiger partial charge in [0, 0.05) is 29.9 Å². The molecule has 0 aromatic carbocycles. The lowest BCUT2D eigenvalue weighted by Gasteiger charge is -2.28. The molecule has 1 N–H and O–H groups in total. The summed E-state index contributed by atoms with van der Waals surface area (Å²) in [4.78, 5) is 24.9. The highest BCUT2D eigenvalue weighted by Gasteiger charge is 2.24. The highest BCUT2D eigenvalue weighted by Crippen LogP contribution is 2.32. The van der Waals surface area contributed by atoms with Gasteiger partial charge in [-0.25, -0.2) is 9.97 Å². The van der Waals surface area contributed by atoms with E-state index in [-0.39, 0.29) is 11.9 Å². The zero-order valence-corrected chi connectivity index (χ0v) is 14.3. The highest BCUT2D eigenvalue weighted by molar-refractivity contribution is 7.99. The fourth-order valence-electron chi connectivity index (χ4n) is 2.81. The number of carbonyl (C=O) groups excluding carboxylic acids is 1. The Morgan fingerprint density at radius 1 is 1.21 bits per heavy atom. The molecule has 0 unspecified atom stereocenters. The molecule has 0 bridgehead atoms. The molecule has 3 rings (SSSR count). The number of rotatable bonds is 5. The van der Waals surface area contributed by atoms with Crippen LogP contribution < -0.4 is 10.1 Å². The van der Waals surface area contributed by atoms with E-state index in [1.165, 1.54) is 0 Å². The summed E-state index contributed by atoms with van der Waals surface area (Å²) in [5.74, 6) is 0.400. The van der Waals surface area contributed by atoms with Gasteiger partial charge in [0.05, 0.1) is 18.9 Å². The number of ether oxygens (including phenoxy) is 1. The smallest absolute Gasteiger partial charge is 0.255 e. The number of hydrogen-bond donors (Lipinski definition) is 1. The molecular formula is C17H20N4O2S. The Balaban J connectivity index is 1.51. The fourth-order valence-corrected chi connectivity index (χ4v) is 3.86. The maximum atomic E-state index is 12.4. The van der Waals surface area contributed by atoms with E-state index in [2.05, 4.69) is 20.3 Å². The average molecular weight is 344 g/mol. The summed E-state index contributed by atoms with van der Waals surface area (Å²) >= 11 is 1.72. The number of methoxy groups -OCH3 is 1. The first kappa shape index (κ1) is 16.7. The van der Waals surface area contributed by atoms with Gasteiger partial charge < -0.3 is 10.1 Å². The first-order valence-corrected chi connectivity index (χ1v) is 8.87.